The van der Waals surface area contributed by atoms with E-state index < -0.39 is 17.8 Å². The van der Waals surface area contributed by atoms with Gasteiger partial charge >= 0.3 is 6.18 Å². The zero-order chi connectivity index (χ0) is 14.8. The number of hydrogen-bond acceptors (Lipinski definition) is 4. The Balaban J connectivity index is 1.98. The van der Waals surface area contributed by atoms with Gasteiger partial charge in [-0.3, -0.25) is 19.9 Å². The van der Waals surface area contributed by atoms with Gasteiger partial charge in [0.2, 0.25) is 0 Å². The second kappa shape index (κ2) is 5.27. The van der Waals surface area contributed by atoms with Crippen LogP contribution in [0.4, 0.5) is 13.2 Å². The highest BCUT2D eigenvalue weighted by atomic mass is 19.4. The standard InChI is InChI=1S/C11H10F3N5O/c1-6-3-16-7(4-15-6)5-17-10(20)8-2-9(19-18-8)11(12,13)14/h2-4H,5H2,1H3,(H,17,20)(H,18,19). The van der Waals surface area contributed by atoms with Crippen molar-refractivity contribution < 1.29 is 18.0 Å². The fourth-order valence-corrected chi connectivity index (χ4v) is 1.36. The number of nitrogens with zero attached hydrogens (tertiary/aromatic N) is 3. The fourth-order valence-electron chi connectivity index (χ4n) is 1.36. The maximum Gasteiger partial charge on any atom is 0.432 e. The lowest BCUT2D eigenvalue weighted by atomic mass is 10.3. The first-order valence-electron chi connectivity index (χ1n) is 5.54. The van der Waals surface area contributed by atoms with E-state index in [9.17, 15) is 18.0 Å². The van der Waals surface area contributed by atoms with Crippen molar-refractivity contribution in [3.05, 3.63) is 41.2 Å². The van der Waals surface area contributed by atoms with Gasteiger partial charge < -0.3 is 5.32 Å². The van der Waals surface area contributed by atoms with E-state index in [-0.39, 0.29) is 12.2 Å². The fraction of sp³-hybridized carbons (Fsp3) is 0.273. The zero-order valence-electron chi connectivity index (χ0n) is 10.3. The number of rotatable bonds is 3. The van der Waals surface area contributed by atoms with Crippen molar-refractivity contribution in [3.63, 3.8) is 0 Å². The smallest absolute Gasteiger partial charge is 0.345 e. The summed E-state index contributed by atoms with van der Waals surface area (Å²) in [6, 6.07) is 0.649. The third kappa shape index (κ3) is 3.31. The molecule has 0 fully saturated rings. The predicted molar refractivity (Wildman–Crippen MR) is 61.5 cm³/mol. The number of nitrogens with one attached hydrogen (secondary N) is 2. The molecular weight excluding hydrogens is 275 g/mol. The van der Waals surface area contributed by atoms with Gasteiger partial charge in [-0.15, -0.1) is 0 Å². The van der Waals surface area contributed by atoms with Gasteiger partial charge in [0, 0.05) is 12.3 Å². The average Bonchev–Trinajstić information content (AvgIpc) is 2.87. The summed E-state index contributed by atoms with van der Waals surface area (Å²) in [4.78, 5) is 19.6. The Morgan fingerprint density at radius 2 is 2.10 bits per heavy atom. The molecule has 2 rings (SSSR count). The van der Waals surface area contributed by atoms with Crippen molar-refractivity contribution in [2.24, 2.45) is 0 Å². The molecular formula is C11H10F3N5O. The number of halogens is 3. The lowest BCUT2D eigenvalue weighted by Crippen LogP contribution is -2.23. The Morgan fingerprint density at radius 3 is 2.65 bits per heavy atom. The number of alkyl halides is 3. The third-order valence-electron chi connectivity index (χ3n) is 2.38. The molecule has 0 saturated carbocycles. The highest BCUT2D eigenvalue weighted by Crippen LogP contribution is 2.27. The van der Waals surface area contributed by atoms with E-state index in [1.807, 2.05) is 0 Å². The Labute approximate surface area is 111 Å². The minimum Gasteiger partial charge on any atom is -0.345 e. The lowest BCUT2D eigenvalue weighted by molar-refractivity contribution is -0.141. The molecule has 9 heteroatoms. The number of aromatic amines is 1. The Morgan fingerprint density at radius 1 is 1.35 bits per heavy atom. The quantitative estimate of drug-likeness (QED) is 0.894. The normalized spacial score (nSPS) is 11.4. The summed E-state index contributed by atoms with van der Waals surface area (Å²) in [5.41, 5.74) is -0.187. The van der Waals surface area contributed by atoms with E-state index in [4.69, 9.17) is 0 Å². The molecule has 0 aliphatic rings. The molecule has 0 unspecified atom stereocenters. The van der Waals surface area contributed by atoms with Gasteiger partial charge in [-0.25, -0.2) is 0 Å². The highest BCUT2D eigenvalue weighted by molar-refractivity contribution is 5.92. The molecule has 1 amide bonds. The molecule has 0 aliphatic heterocycles. The van der Waals surface area contributed by atoms with Crippen LogP contribution in [0.5, 0.6) is 0 Å². The molecule has 0 saturated heterocycles. The maximum absolute atomic E-state index is 12.3. The van der Waals surface area contributed by atoms with Gasteiger partial charge in [-0.2, -0.15) is 18.3 Å². The highest BCUT2D eigenvalue weighted by Gasteiger charge is 2.33. The minimum absolute atomic E-state index is 0.0559. The van der Waals surface area contributed by atoms with Crippen LogP contribution >= 0.6 is 0 Å². The van der Waals surface area contributed by atoms with Crippen LogP contribution in [0.25, 0.3) is 0 Å². The Hall–Kier alpha value is -2.45. The topological polar surface area (TPSA) is 83.6 Å². The van der Waals surface area contributed by atoms with Gasteiger partial charge in [-0.1, -0.05) is 0 Å². The van der Waals surface area contributed by atoms with Crippen LogP contribution in [0.3, 0.4) is 0 Å². The van der Waals surface area contributed by atoms with Crippen LogP contribution < -0.4 is 5.32 Å². The Kier molecular flexibility index (Phi) is 3.68. The summed E-state index contributed by atoms with van der Waals surface area (Å²) in [5, 5.41) is 7.49. The second-order valence-corrected chi connectivity index (χ2v) is 4.00. The largest absolute Gasteiger partial charge is 0.432 e. The molecule has 2 aromatic heterocycles. The van der Waals surface area contributed by atoms with E-state index in [1.54, 1.807) is 12.0 Å². The lowest BCUT2D eigenvalue weighted by Gasteiger charge is -2.02. The molecule has 0 aromatic carbocycles. The van der Waals surface area contributed by atoms with E-state index in [2.05, 4.69) is 20.4 Å². The molecule has 0 aliphatic carbocycles. The van der Waals surface area contributed by atoms with Gasteiger partial charge in [0.25, 0.3) is 5.91 Å². The van der Waals surface area contributed by atoms with Gasteiger partial charge in [0.05, 0.1) is 24.1 Å². The summed E-state index contributed by atoms with van der Waals surface area (Å²) in [6.07, 6.45) is -1.56. The summed E-state index contributed by atoms with van der Waals surface area (Å²) < 4.78 is 37.0. The number of H-pyrrole nitrogens is 1. The Bertz CT molecular complexity index is 605. The molecule has 2 N–H and O–H groups in total. The van der Waals surface area contributed by atoms with E-state index in [0.29, 0.717) is 11.8 Å². The van der Waals surface area contributed by atoms with Crippen molar-refractivity contribution in [1.82, 2.24) is 25.5 Å². The molecule has 0 spiro atoms. The second-order valence-electron chi connectivity index (χ2n) is 4.00. The molecule has 0 radical (unpaired) electrons. The van der Waals surface area contributed by atoms with Crippen molar-refractivity contribution in [1.29, 1.82) is 0 Å². The number of carbonyl (C=O) groups is 1. The molecule has 20 heavy (non-hydrogen) atoms. The first-order chi connectivity index (χ1) is 9.36. The summed E-state index contributed by atoms with van der Waals surface area (Å²) >= 11 is 0. The van der Waals surface area contributed by atoms with E-state index >= 15 is 0 Å². The average molecular weight is 285 g/mol. The van der Waals surface area contributed by atoms with Crippen molar-refractivity contribution >= 4 is 5.91 Å². The molecule has 0 bridgehead atoms. The van der Waals surface area contributed by atoms with Gasteiger partial charge in [0.15, 0.2) is 5.69 Å². The van der Waals surface area contributed by atoms with Crippen LogP contribution in [0, 0.1) is 6.92 Å². The zero-order valence-corrected chi connectivity index (χ0v) is 10.3. The van der Waals surface area contributed by atoms with Crippen molar-refractivity contribution in [2.75, 3.05) is 0 Å². The first kappa shape index (κ1) is 14.0. The number of aryl methyl sites for hydroxylation is 1. The number of carbonyl (C=O) groups excluding carboxylic acids is 1. The SMILES string of the molecule is Cc1cnc(CNC(=O)c2cc(C(F)(F)F)[nH]n2)cn1. The summed E-state index contributed by atoms with van der Waals surface area (Å²) in [7, 11) is 0. The number of amides is 1. The van der Waals surface area contributed by atoms with Crippen molar-refractivity contribution in [2.45, 2.75) is 19.6 Å². The molecule has 2 heterocycles. The van der Waals surface area contributed by atoms with Gasteiger partial charge in [0.1, 0.15) is 5.69 Å². The maximum atomic E-state index is 12.3. The molecule has 2 aromatic rings. The number of aromatic nitrogens is 4. The monoisotopic (exact) mass is 285 g/mol. The van der Waals surface area contributed by atoms with Crippen LogP contribution in [0.2, 0.25) is 0 Å². The molecule has 6 nitrogen and oxygen atoms in total. The van der Waals surface area contributed by atoms with Crippen molar-refractivity contribution in [3.8, 4) is 0 Å². The summed E-state index contributed by atoms with van der Waals surface area (Å²) in [6.45, 7) is 1.82. The molecule has 106 valence electrons. The van der Waals surface area contributed by atoms with Crippen LogP contribution in [-0.4, -0.2) is 26.1 Å². The van der Waals surface area contributed by atoms with Gasteiger partial charge in [-0.05, 0) is 6.92 Å². The van der Waals surface area contributed by atoms with E-state index in [0.717, 1.165) is 5.69 Å². The minimum atomic E-state index is -4.56. The van der Waals surface area contributed by atoms with Crippen LogP contribution in [0.15, 0.2) is 18.5 Å². The van der Waals surface area contributed by atoms with Crippen LogP contribution in [-0.2, 0) is 12.7 Å². The first-order valence-corrected chi connectivity index (χ1v) is 5.54. The van der Waals surface area contributed by atoms with Crippen LogP contribution in [0.1, 0.15) is 27.6 Å². The predicted octanol–water partition coefficient (Wildman–Crippen LogP) is 1.46. The number of hydrogen-bond donors (Lipinski definition) is 2. The third-order valence-corrected chi connectivity index (χ3v) is 2.38. The molecule has 0 atom stereocenters. The summed E-state index contributed by atoms with van der Waals surface area (Å²) in [5.74, 6) is -0.723. The van der Waals surface area contributed by atoms with E-state index in [1.165, 1.54) is 12.4 Å².